The minimum absolute atomic E-state index is 0. The van der Waals surface area contributed by atoms with Gasteiger partial charge in [0.2, 0.25) is 0 Å². The fraction of sp³-hybridized carbons (Fsp3) is 0. The summed E-state index contributed by atoms with van der Waals surface area (Å²) in [6.45, 7) is 0. The summed E-state index contributed by atoms with van der Waals surface area (Å²) in [7, 11) is -4.64. The molecule has 0 unspecified atom stereocenters. The van der Waals surface area contributed by atoms with Gasteiger partial charge in [0.15, 0.2) is 0 Å². The molecule has 0 heterocycles. The van der Waals surface area contributed by atoms with Crippen molar-refractivity contribution < 1.29 is 163 Å². The fourth-order valence-electron chi connectivity index (χ4n) is 0. The maximum atomic E-state index is 8.88. The molecule has 17 N–H and O–H groups in total. The maximum Gasteiger partial charge on any atom is 1.00 e. The van der Waals surface area contributed by atoms with Crippen molar-refractivity contribution in [2.75, 3.05) is 0 Å². The van der Waals surface area contributed by atoms with E-state index >= 15 is 0 Å². The SMILES string of the molecule is O.O.O.O.O.O.O.O=P(O)(O)O.[H-].[H-].[K+].[K+]. The van der Waals surface area contributed by atoms with E-state index < -0.39 is 7.82 Å². The molecular formula is H19K2O11P. The van der Waals surface area contributed by atoms with Crippen molar-refractivity contribution in [2.45, 2.75) is 0 Å². The van der Waals surface area contributed by atoms with Crippen molar-refractivity contribution in [2.24, 2.45) is 0 Å². The molecule has 0 atom stereocenters. The molecule has 14 heavy (non-hydrogen) atoms. The predicted octanol–water partition coefficient (Wildman–Crippen LogP) is -12.5. The molecule has 0 saturated heterocycles. The molecule has 0 aliphatic carbocycles. The van der Waals surface area contributed by atoms with E-state index in [2.05, 4.69) is 0 Å². The Bertz CT molecular complexity index is 68.1. The van der Waals surface area contributed by atoms with Gasteiger partial charge in [-0.05, 0) is 0 Å². The van der Waals surface area contributed by atoms with Crippen LogP contribution in [-0.4, -0.2) is 53.0 Å². The summed E-state index contributed by atoms with van der Waals surface area (Å²) in [5.74, 6) is 0. The second-order valence-corrected chi connectivity index (χ2v) is 1.54. The summed E-state index contributed by atoms with van der Waals surface area (Å²) in [5.41, 5.74) is 0. The van der Waals surface area contributed by atoms with E-state index in [1.807, 2.05) is 0 Å². The first kappa shape index (κ1) is 87.9. The number of hydrogen-bond donors (Lipinski definition) is 3. The Hall–Kier alpha value is 3.10. The molecular weight excluding hydrogens is 285 g/mol. The molecule has 0 aromatic rings. The van der Waals surface area contributed by atoms with Gasteiger partial charge in [0.05, 0.1) is 0 Å². The van der Waals surface area contributed by atoms with Crippen molar-refractivity contribution in [3.63, 3.8) is 0 Å². The summed E-state index contributed by atoms with van der Waals surface area (Å²) < 4.78 is 8.88. The van der Waals surface area contributed by atoms with Crippen LogP contribution in [0.2, 0.25) is 0 Å². The number of rotatable bonds is 0. The molecule has 0 bridgehead atoms. The minimum Gasteiger partial charge on any atom is -1.00 e. The third-order valence-electron chi connectivity index (χ3n) is 0. The first-order valence-corrected chi connectivity index (χ1v) is 2.35. The quantitative estimate of drug-likeness (QED) is 0.289. The largest absolute Gasteiger partial charge is 1.00 e. The summed E-state index contributed by atoms with van der Waals surface area (Å²) >= 11 is 0. The Morgan fingerprint density at radius 2 is 0.643 bits per heavy atom. The van der Waals surface area contributed by atoms with E-state index in [9.17, 15) is 0 Å². The normalized spacial score (nSPS) is 4.21. The van der Waals surface area contributed by atoms with E-state index in [-0.39, 0.29) is 144 Å². The summed E-state index contributed by atoms with van der Waals surface area (Å²) in [4.78, 5) is 21.6. The molecule has 0 aliphatic rings. The second kappa shape index (κ2) is 44.3. The van der Waals surface area contributed by atoms with Gasteiger partial charge in [0.1, 0.15) is 0 Å². The topological polar surface area (TPSA) is 298 Å². The third kappa shape index (κ3) is 312. The molecule has 14 heteroatoms. The molecule has 92 valence electrons. The Morgan fingerprint density at radius 3 is 0.643 bits per heavy atom. The van der Waals surface area contributed by atoms with E-state index in [1.54, 1.807) is 0 Å². The third-order valence-corrected chi connectivity index (χ3v) is 0. The zero-order valence-corrected chi connectivity index (χ0v) is 14.8. The van der Waals surface area contributed by atoms with Crippen molar-refractivity contribution in [3.05, 3.63) is 0 Å². The molecule has 0 aliphatic heterocycles. The molecule has 0 aromatic carbocycles. The van der Waals surface area contributed by atoms with Gasteiger partial charge in [0, 0.05) is 0 Å². The van der Waals surface area contributed by atoms with Crippen LogP contribution in [0, 0.1) is 0 Å². The van der Waals surface area contributed by atoms with E-state index in [4.69, 9.17) is 19.2 Å². The fourth-order valence-corrected chi connectivity index (χ4v) is 0. The average Bonchev–Trinajstić information content (AvgIpc) is 0.722. The molecule has 0 fully saturated rings. The average molecular weight is 304 g/mol. The van der Waals surface area contributed by atoms with Crippen LogP contribution >= 0.6 is 7.82 Å². The molecule has 0 radical (unpaired) electrons. The van der Waals surface area contributed by atoms with E-state index in [0.717, 1.165) is 0 Å². The Kier molecular flexibility index (Phi) is 278. The molecule has 0 spiro atoms. The first-order chi connectivity index (χ1) is 2.00. The molecule has 0 aromatic heterocycles. The van der Waals surface area contributed by atoms with Gasteiger partial charge in [-0.1, -0.05) is 0 Å². The van der Waals surface area contributed by atoms with Crippen molar-refractivity contribution >= 4 is 7.82 Å². The van der Waals surface area contributed by atoms with Gasteiger partial charge in [-0.15, -0.1) is 0 Å². The summed E-state index contributed by atoms with van der Waals surface area (Å²) in [6.07, 6.45) is 0. The van der Waals surface area contributed by atoms with Crippen LogP contribution in [0.4, 0.5) is 0 Å². The monoisotopic (exact) mass is 304 g/mol. The Labute approximate surface area is 167 Å². The van der Waals surface area contributed by atoms with Crippen LogP contribution in [0.1, 0.15) is 2.85 Å². The summed E-state index contributed by atoms with van der Waals surface area (Å²) in [6, 6.07) is 0. The van der Waals surface area contributed by atoms with Crippen LogP contribution in [0.25, 0.3) is 0 Å². The van der Waals surface area contributed by atoms with Crippen LogP contribution in [-0.2, 0) is 4.57 Å². The van der Waals surface area contributed by atoms with Gasteiger partial charge >= 0.3 is 111 Å². The van der Waals surface area contributed by atoms with Crippen molar-refractivity contribution in [1.29, 1.82) is 0 Å². The van der Waals surface area contributed by atoms with Crippen LogP contribution in [0.15, 0.2) is 0 Å². The van der Waals surface area contributed by atoms with Gasteiger partial charge < -0.3 is 55.9 Å². The molecule has 0 saturated carbocycles. The van der Waals surface area contributed by atoms with Crippen LogP contribution in [0.5, 0.6) is 0 Å². The van der Waals surface area contributed by atoms with E-state index in [0.29, 0.717) is 0 Å². The van der Waals surface area contributed by atoms with E-state index in [1.165, 1.54) is 0 Å². The standard InChI is InChI=1S/2K.H3O4P.7H2O.2H/c;;1-5(2,3)4;;;;;;;;;/h;;(H3,1,2,3,4);7*1H2;;/q2*+1;;;;;;;;;2*-1. The Balaban J connectivity index is -0.00000000145. The van der Waals surface area contributed by atoms with Gasteiger partial charge in [0.25, 0.3) is 0 Å². The number of hydrogen-bond acceptors (Lipinski definition) is 1. The van der Waals surface area contributed by atoms with Crippen LogP contribution < -0.4 is 103 Å². The second-order valence-electron chi connectivity index (χ2n) is 0.513. The van der Waals surface area contributed by atoms with Gasteiger partial charge in [-0.25, -0.2) is 4.57 Å². The van der Waals surface area contributed by atoms with Crippen molar-refractivity contribution in [1.82, 2.24) is 0 Å². The van der Waals surface area contributed by atoms with Crippen LogP contribution in [0.3, 0.4) is 0 Å². The molecule has 0 amide bonds. The zero-order chi connectivity index (χ0) is 4.50. The number of phosphoric acid groups is 1. The first-order valence-electron chi connectivity index (χ1n) is 0.783. The predicted molar refractivity (Wildman–Crippen MR) is 41.8 cm³/mol. The molecule has 0 rings (SSSR count). The smallest absolute Gasteiger partial charge is 1.00 e. The molecule has 11 nitrogen and oxygen atoms in total. The zero-order valence-electron chi connectivity index (χ0n) is 9.70. The van der Waals surface area contributed by atoms with Gasteiger partial charge in [-0.3, -0.25) is 0 Å². The van der Waals surface area contributed by atoms with Gasteiger partial charge in [-0.2, -0.15) is 0 Å². The Morgan fingerprint density at radius 1 is 0.643 bits per heavy atom. The van der Waals surface area contributed by atoms with Crippen molar-refractivity contribution in [3.8, 4) is 0 Å². The summed E-state index contributed by atoms with van der Waals surface area (Å²) in [5, 5.41) is 0. The minimum atomic E-state index is -4.64. The maximum absolute atomic E-state index is 8.88.